The largest absolute Gasteiger partial charge is 0.493 e. The zero-order valence-electron chi connectivity index (χ0n) is 8.46. The summed E-state index contributed by atoms with van der Waals surface area (Å²) in [5, 5.41) is 0. The summed E-state index contributed by atoms with van der Waals surface area (Å²) in [6.07, 6.45) is 0. The molecule has 0 aliphatic rings. The van der Waals surface area contributed by atoms with Crippen LogP contribution in [0.25, 0.3) is 0 Å². The molecule has 0 unspecified atom stereocenters. The molecule has 1 aromatic rings. The lowest BCUT2D eigenvalue weighted by atomic mass is 10.2. The van der Waals surface area contributed by atoms with E-state index in [1.165, 1.54) is 21.3 Å². The Hall–Kier alpha value is -1.78. The van der Waals surface area contributed by atoms with Crippen molar-refractivity contribution in [1.29, 1.82) is 0 Å². The maximum atomic E-state index is 5.77. The van der Waals surface area contributed by atoms with Gasteiger partial charge >= 0.3 is 0 Å². The highest BCUT2D eigenvalue weighted by atomic mass is 16.5. The van der Waals surface area contributed by atoms with Gasteiger partial charge in [0.15, 0.2) is 17.2 Å². The molecule has 4 N–H and O–H groups in total. The highest BCUT2D eigenvalue weighted by Gasteiger charge is 2.16. The van der Waals surface area contributed by atoms with E-state index in [4.69, 9.17) is 25.7 Å². The second-order valence-corrected chi connectivity index (χ2v) is 2.65. The van der Waals surface area contributed by atoms with Gasteiger partial charge in [0.1, 0.15) is 5.69 Å². The molecule has 14 heavy (non-hydrogen) atoms. The number of nitrogen functional groups attached to an aromatic ring is 2. The fraction of sp³-hybridized carbons (Fsp3) is 0.333. The molecule has 0 radical (unpaired) electrons. The van der Waals surface area contributed by atoms with Crippen LogP contribution in [0.1, 0.15) is 0 Å². The maximum Gasteiger partial charge on any atom is 0.187 e. The molecule has 5 nitrogen and oxygen atoms in total. The number of rotatable bonds is 3. The summed E-state index contributed by atoms with van der Waals surface area (Å²) >= 11 is 0. The first kappa shape index (κ1) is 10.3. The number of hydrogen-bond donors (Lipinski definition) is 2. The monoisotopic (exact) mass is 198 g/mol. The summed E-state index contributed by atoms with van der Waals surface area (Å²) in [5.41, 5.74) is 12.2. The van der Waals surface area contributed by atoms with E-state index >= 15 is 0 Å². The van der Waals surface area contributed by atoms with Gasteiger partial charge in [0.25, 0.3) is 0 Å². The van der Waals surface area contributed by atoms with Crippen LogP contribution in [0.4, 0.5) is 11.4 Å². The SMILES string of the molecule is COc1cc(N)c(OC)c(N)c1OC. The molecule has 0 aliphatic heterocycles. The molecular weight excluding hydrogens is 184 g/mol. The number of ether oxygens (including phenoxy) is 3. The van der Waals surface area contributed by atoms with Gasteiger partial charge in [-0.3, -0.25) is 0 Å². The van der Waals surface area contributed by atoms with Crippen LogP contribution in [0.15, 0.2) is 6.07 Å². The second-order valence-electron chi connectivity index (χ2n) is 2.65. The van der Waals surface area contributed by atoms with Crippen molar-refractivity contribution >= 4 is 11.4 Å². The number of nitrogens with two attached hydrogens (primary N) is 2. The summed E-state index contributed by atoms with van der Waals surface area (Å²) in [7, 11) is 4.51. The van der Waals surface area contributed by atoms with Crippen LogP contribution in [0.3, 0.4) is 0 Å². The normalized spacial score (nSPS) is 9.64. The highest BCUT2D eigenvalue weighted by molar-refractivity contribution is 5.77. The molecule has 0 saturated heterocycles. The van der Waals surface area contributed by atoms with Crippen molar-refractivity contribution in [2.24, 2.45) is 0 Å². The predicted octanol–water partition coefficient (Wildman–Crippen LogP) is 0.877. The van der Waals surface area contributed by atoms with Crippen LogP contribution in [0.5, 0.6) is 17.2 Å². The third-order valence-electron chi connectivity index (χ3n) is 1.89. The summed E-state index contributed by atoms with van der Waals surface area (Å²) in [5.74, 6) is 1.32. The Balaban J connectivity index is 3.39. The van der Waals surface area contributed by atoms with Gasteiger partial charge in [-0.1, -0.05) is 0 Å². The van der Waals surface area contributed by atoms with E-state index in [0.29, 0.717) is 28.6 Å². The van der Waals surface area contributed by atoms with E-state index in [0.717, 1.165) is 0 Å². The Morgan fingerprint density at radius 1 is 0.929 bits per heavy atom. The smallest absolute Gasteiger partial charge is 0.187 e. The lowest BCUT2D eigenvalue weighted by Gasteiger charge is -2.14. The van der Waals surface area contributed by atoms with E-state index in [1.54, 1.807) is 6.07 Å². The average Bonchev–Trinajstić information content (AvgIpc) is 2.17. The molecule has 1 aromatic carbocycles. The van der Waals surface area contributed by atoms with Gasteiger partial charge in [-0.05, 0) is 0 Å². The van der Waals surface area contributed by atoms with Gasteiger partial charge in [0, 0.05) is 6.07 Å². The fourth-order valence-electron chi connectivity index (χ4n) is 1.25. The number of methoxy groups -OCH3 is 3. The van der Waals surface area contributed by atoms with Crippen LogP contribution >= 0.6 is 0 Å². The van der Waals surface area contributed by atoms with E-state index in [2.05, 4.69) is 0 Å². The first-order valence-electron chi connectivity index (χ1n) is 3.99. The third-order valence-corrected chi connectivity index (χ3v) is 1.89. The first-order chi connectivity index (χ1) is 6.65. The fourth-order valence-corrected chi connectivity index (χ4v) is 1.25. The second kappa shape index (κ2) is 3.95. The lowest BCUT2D eigenvalue weighted by molar-refractivity contribution is 0.352. The molecule has 0 saturated carbocycles. The van der Waals surface area contributed by atoms with Crippen molar-refractivity contribution in [3.05, 3.63) is 6.07 Å². The molecule has 0 aromatic heterocycles. The molecule has 78 valence electrons. The van der Waals surface area contributed by atoms with Crippen LogP contribution in [-0.2, 0) is 0 Å². The zero-order valence-corrected chi connectivity index (χ0v) is 8.46. The molecule has 5 heteroatoms. The highest BCUT2D eigenvalue weighted by Crippen LogP contribution is 2.43. The van der Waals surface area contributed by atoms with E-state index in [1.807, 2.05) is 0 Å². The van der Waals surface area contributed by atoms with Crippen molar-refractivity contribution in [2.45, 2.75) is 0 Å². The average molecular weight is 198 g/mol. The summed E-state index contributed by atoms with van der Waals surface area (Å²) < 4.78 is 15.2. The summed E-state index contributed by atoms with van der Waals surface area (Å²) in [6.45, 7) is 0. The molecule has 0 atom stereocenters. The minimum atomic E-state index is 0.340. The molecule has 0 spiro atoms. The van der Waals surface area contributed by atoms with Gasteiger partial charge in [-0.15, -0.1) is 0 Å². The Morgan fingerprint density at radius 2 is 1.50 bits per heavy atom. The van der Waals surface area contributed by atoms with E-state index < -0.39 is 0 Å². The Bertz CT molecular complexity index is 339. The Labute approximate surface area is 82.5 Å². The topological polar surface area (TPSA) is 79.7 Å². The van der Waals surface area contributed by atoms with Crippen LogP contribution in [-0.4, -0.2) is 21.3 Å². The molecule has 0 heterocycles. The minimum Gasteiger partial charge on any atom is -0.493 e. The molecule has 0 fully saturated rings. The molecule has 1 rings (SSSR count). The lowest BCUT2D eigenvalue weighted by Crippen LogP contribution is -2.02. The van der Waals surface area contributed by atoms with Crippen molar-refractivity contribution in [1.82, 2.24) is 0 Å². The first-order valence-corrected chi connectivity index (χ1v) is 3.99. The van der Waals surface area contributed by atoms with Gasteiger partial charge in [-0.25, -0.2) is 0 Å². The van der Waals surface area contributed by atoms with Crippen molar-refractivity contribution in [2.75, 3.05) is 32.8 Å². The van der Waals surface area contributed by atoms with Crippen LogP contribution in [0.2, 0.25) is 0 Å². The Morgan fingerprint density at radius 3 is 1.93 bits per heavy atom. The van der Waals surface area contributed by atoms with Gasteiger partial charge < -0.3 is 25.7 Å². The van der Waals surface area contributed by atoms with Gasteiger partial charge in [0.05, 0.1) is 27.0 Å². The van der Waals surface area contributed by atoms with Gasteiger partial charge in [-0.2, -0.15) is 0 Å². The van der Waals surface area contributed by atoms with Gasteiger partial charge in [0.2, 0.25) is 0 Å². The Kier molecular flexibility index (Phi) is 2.91. The van der Waals surface area contributed by atoms with Crippen LogP contribution < -0.4 is 25.7 Å². The standard InChI is InChI=1S/C9H14N2O3/c1-12-6-4-5(10)8(13-2)7(11)9(6)14-3/h4H,10-11H2,1-3H3. The molecule has 0 bridgehead atoms. The predicted molar refractivity (Wildman–Crippen MR) is 54.9 cm³/mol. The zero-order chi connectivity index (χ0) is 10.7. The number of hydrogen-bond acceptors (Lipinski definition) is 5. The van der Waals surface area contributed by atoms with Crippen molar-refractivity contribution in [3.63, 3.8) is 0 Å². The molecule has 0 amide bonds. The third kappa shape index (κ3) is 1.48. The summed E-state index contributed by atoms with van der Waals surface area (Å²) in [6, 6.07) is 1.61. The summed E-state index contributed by atoms with van der Waals surface area (Å²) in [4.78, 5) is 0. The van der Waals surface area contributed by atoms with Crippen molar-refractivity contribution in [3.8, 4) is 17.2 Å². The number of benzene rings is 1. The maximum absolute atomic E-state index is 5.77. The van der Waals surface area contributed by atoms with E-state index in [9.17, 15) is 0 Å². The molecule has 0 aliphatic carbocycles. The van der Waals surface area contributed by atoms with Crippen molar-refractivity contribution < 1.29 is 14.2 Å². The molecular formula is C9H14N2O3. The minimum absolute atomic E-state index is 0.340. The van der Waals surface area contributed by atoms with Crippen LogP contribution in [0, 0.1) is 0 Å². The number of anilines is 2. The quantitative estimate of drug-likeness (QED) is 0.704. The van der Waals surface area contributed by atoms with E-state index in [-0.39, 0.29) is 0 Å².